The second kappa shape index (κ2) is 4.70. The van der Waals surface area contributed by atoms with Crippen molar-refractivity contribution in [2.75, 3.05) is 20.8 Å². The highest BCUT2D eigenvalue weighted by atomic mass is 32.1. The number of fused-ring (bicyclic) bond motifs is 1. The molecule has 0 aliphatic carbocycles. The topological polar surface area (TPSA) is 31.4 Å². The third-order valence-corrected chi connectivity index (χ3v) is 3.32. The predicted octanol–water partition coefficient (Wildman–Crippen LogP) is 2.63. The molecule has 4 heteroatoms. The summed E-state index contributed by atoms with van der Waals surface area (Å²) in [5.41, 5.74) is 1.02. The van der Waals surface area contributed by atoms with Gasteiger partial charge in [-0.25, -0.2) is 4.98 Å². The second-order valence-corrected chi connectivity index (χ2v) is 4.26. The number of benzene rings is 1. The third kappa shape index (κ3) is 2.17. The summed E-state index contributed by atoms with van der Waals surface area (Å²) in [6, 6.07) is 8.08. The van der Waals surface area contributed by atoms with E-state index in [-0.39, 0.29) is 6.10 Å². The van der Waals surface area contributed by atoms with Gasteiger partial charge in [0, 0.05) is 14.2 Å². The Labute approximate surface area is 92.7 Å². The van der Waals surface area contributed by atoms with Gasteiger partial charge in [0.1, 0.15) is 11.1 Å². The molecule has 0 spiro atoms. The highest BCUT2D eigenvalue weighted by Crippen LogP contribution is 2.27. The van der Waals surface area contributed by atoms with Crippen LogP contribution >= 0.6 is 11.3 Å². The third-order valence-electron chi connectivity index (χ3n) is 2.19. The summed E-state index contributed by atoms with van der Waals surface area (Å²) in [6.45, 7) is 0.538. The Bertz CT molecular complexity index is 408. The molecule has 0 radical (unpaired) electrons. The number of nitrogens with zero attached hydrogens (tertiary/aromatic N) is 1. The Hall–Kier alpha value is -0.970. The lowest BCUT2D eigenvalue weighted by molar-refractivity contribution is 0.0275. The molecule has 3 nitrogen and oxygen atoms in total. The Morgan fingerprint density at radius 3 is 2.80 bits per heavy atom. The summed E-state index contributed by atoms with van der Waals surface area (Å²) < 4.78 is 11.6. The van der Waals surface area contributed by atoms with Crippen LogP contribution in [-0.4, -0.2) is 25.8 Å². The lowest BCUT2D eigenvalue weighted by Gasteiger charge is -2.10. The van der Waals surface area contributed by atoms with E-state index in [2.05, 4.69) is 11.1 Å². The van der Waals surface area contributed by atoms with Gasteiger partial charge in [0.2, 0.25) is 0 Å². The monoisotopic (exact) mass is 223 g/mol. The molecule has 1 atom stereocenters. The Morgan fingerprint density at radius 1 is 1.33 bits per heavy atom. The number of aromatic nitrogens is 1. The smallest absolute Gasteiger partial charge is 0.132 e. The van der Waals surface area contributed by atoms with E-state index >= 15 is 0 Å². The molecule has 0 saturated carbocycles. The van der Waals surface area contributed by atoms with Crippen molar-refractivity contribution < 1.29 is 9.47 Å². The molecule has 80 valence electrons. The van der Waals surface area contributed by atoms with E-state index in [1.165, 1.54) is 4.70 Å². The minimum Gasteiger partial charge on any atom is -0.382 e. The maximum atomic E-state index is 5.33. The minimum absolute atomic E-state index is 0.0626. The second-order valence-electron chi connectivity index (χ2n) is 3.20. The Balaban J connectivity index is 2.34. The summed E-state index contributed by atoms with van der Waals surface area (Å²) in [5, 5.41) is 0.973. The molecule has 0 aliphatic rings. The van der Waals surface area contributed by atoms with Crippen LogP contribution in [0.25, 0.3) is 10.2 Å². The van der Waals surface area contributed by atoms with Crippen LogP contribution < -0.4 is 0 Å². The zero-order chi connectivity index (χ0) is 10.7. The van der Waals surface area contributed by atoms with Gasteiger partial charge < -0.3 is 9.47 Å². The average Bonchev–Trinajstić information content (AvgIpc) is 2.69. The Morgan fingerprint density at radius 2 is 2.13 bits per heavy atom. The summed E-state index contributed by atoms with van der Waals surface area (Å²) in [4.78, 5) is 4.52. The van der Waals surface area contributed by atoms with Crippen molar-refractivity contribution in [3.63, 3.8) is 0 Å². The lowest BCUT2D eigenvalue weighted by atomic mass is 10.3. The summed E-state index contributed by atoms with van der Waals surface area (Å²) in [5.74, 6) is 0. The molecule has 0 aliphatic heterocycles. The summed E-state index contributed by atoms with van der Waals surface area (Å²) in [7, 11) is 3.34. The normalized spacial score (nSPS) is 13.2. The molecule has 0 saturated heterocycles. The largest absolute Gasteiger partial charge is 0.382 e. The molecule has 0 fully saturated rings. The predicted molar refractivity (Wildman–Crippen MR) is 61.2 cm³/mol. The maximum Gasteiger partial charge on any atom is 0.132 e. The van der Waals surface area contributed by atoms with E-state index in [4.69, 9.17) is 9.47 Å². The minimum atomic E-state index is -0.0626. The zero-order valence-electron chi connectivity index (χ0n) is 8.77. The van der Waals surface area contributed by atoms with Gasteiger partial charge in [-0.2, -0.15) is 0 Å². The first-order valence-corrected chi connectivity index (χ1v) is 5.54. The summed E-state index contributed by atoms with van der Waals surface area (Å²) in [6.07, 6.45) is -0.0626. The van der Waals surface area contributed by atoms with Crippen molar-refractivity contribution in [1.29, 1.82) is 0 Å². The number of rotatable bonds is 4. The fourth-order valence-corrected chi connectivity index (χ4v) is 2.45. The quantitative estimate of drug-likeness (QED) is 0.798. The highest BCUT2D eigenvalue weighted by Gasteiger charge is 2.14. The molecule has 1 heterocycles. The molecule has 0 N–H and O–H groups in total. The van der Waals surface area contributed by atoms with Crippen molar-refractivity contribution in [2.45, 2.75) is 6.10 Å². The fraction of sp³-hybridized carbons (Fsp3) is 0.364. The first-order chi connectivity index (χ1) is 7.35. The molecular weight excluding hydrogens is 210 g/mol. The van der Waals surface area contributed by atoms with Crippen molar-refractivity contribution in [3.05, 3.63) is 29.3 Å². The van der Waals surface area contributed by atoms with Crippen molar-refractivity contribution in [1.82, 2.24) is 4.98 Å². The molecule has 1 aromatic carbocycles. The fourth-order valence-electron chi connectivity index (χ4n) is 1.42. The molecule has 0 amide bonds. The van der Waals surface area contributed by atoms with Gasteiger partial charge in [0.25, 0.3) is 0 Å². The van der Waals surface area contributed by atoms with Gasteiger partial charge in [-0.05, 0) is 12.1 Å². The van der Waals surface area contributed by atoms with Gasteiger partial charge in [-0.3, -0.25) is 0 Å². The van der Waals surface area contributed by atoms with E-state index in [0.29, 0.717) is 6.61 Å². The van der Waals surface area contributed by atoms with Crippen molar-refractivity contribution in [3.8, 4) is 0 Å². The standard InChI is InChI=1S/C11H13NO2S/c1-13-7-9(14-2)11-12-8-5-3-4-6-10(8)15-11/h3-6,9H,7H2,1-2H3/t9-/m1/s1. The number of thiazole rings is 1. The number of methoxy groups -OCH3 is 2. The van der Waals surface area contributed by atoms with Gasteiger partial charge in [-0.15, -0.1) is 11.3 Å². The van der Waals surface area contributed by atoms with Crippen LogP contribution in [0.1, 0.15) is 11.1 Å². The summed E-state index contributed by atoms with van der Waals surface area (Å²) >= 11 is 1.65. The van der Waals surface area contributed by atoms with Crippen LogP contribution in [0.2, 0.25) is 0 Å². The molecule has 15 heavy (non-hydrogen) atoms. The average molecular weight is 223 g/mol. The van der Waals surface area contributed by atoms with E-state index in [9.17, 15) is 0 Å². The van der Waals surface area contributed by atoms with Crippen LogP contribution in [0, 0.1) is 0 Å². The number of ether oxygens (including phenoxy) is 2. The van der Waals surface area contributed by atoms with Crippen LogP contribution in [0.15, 0.2) is 24.3 Å². The van der Waals surface area contributed by atoms with Crippen molar-refractivity contribution in [2.24, 2.45) is 0 Å². The molecule has 2 aromatic rings. The maximum absolute atomic E-state index is 5.33. The zero-order valence-corrected chi connectivity index (χ0v) is 9.58. The van der Waals surface area contributed by atoms with Crippen molar-refractivity contribution >= 4 is 21.6 Å². The first kappa shape index (κ1) is 10.5. The highest BCUT2D eigenvalue weighted by molar-refractivity contribution is 7.18. The van der Waals surface area contributed by atoms with Crippen LogP contribution in [0.3, 0.4) is 0 Å². The molecule has 0 unspecified atom stereocenters. The molecule has 1 aromatic heterocycles. The molecule has 0 bridgehead atoms. The number of hydrogen-bond acceptors (Lipinski definition) is 4. The van der Waals surface area contributed by atoms with Gasteiger partial charge >= 0.3 is 0 Å². The van der Waals surface area contributed by atoms with Gasteiger partial charge in [0.15, 0.2) is 0 Å². The van der Waals surface area contributed by atoms with E-state index in [1.807, 2.05) is 18.2 Å². The Kier molecular flexibility index (Phi) is 3.30. The first-order valence-electron chi connectivity index (χ1n) is 4.72. The van der Waals surface area contributed by atoms with Crippen LogP contribution in [0.5, 0.6) is 0 Å². The molecular formula is C11H13NO2S. The molecule has 2 rings (SSSR count). The lowest BCUT2D eigenvalue weighted by Crippen LogP contribution is -2.07. The van der Waals surface area contributed by atoms with E-state index in [0.717, 1.165) is 10.5 Å². The van der Waals surface area contributed by atoms with E-state index < -0.39 is 0 Å². The van der Waals surface area contributed by atoms with Crippen LogP contribution in [0.4, 0.5) is 0 Å². The van der Waals surface area contributed by atoms with Crippen LogP contribution in [-0.2, 0) is 9.47 Å². The number of hydrogen-bond donors (Lipinski definition) is 0. The van der Waals surface area contributed by atoms with Gasteiger partial charge in [0.05, 0.1) is 16.8 Å². The number of para-hydroxylation sites is 1. The van der Waals surface area contributed by atoms with E-state index in [1.54, 1.807) is 25.6 Å². The SMILES string of the molecule is COC[C@@H](OC)c1nc2ccccc2s1. The van der Waals surface area contributed by atoms with Gasteiger partial charge in [-0.1, -0.05) is 12.1 Å².